The quantitative estimate of drug-likeness (QED) is 0.0833. The van der Waals surface area contributed by atoms with Crippen LogP contribution in [-0.2, 0) is 27.2 Å². The first-order valence-electron chi connectivity index (χ1n) is 12.3. The molecule has 0 spiro atoms. The van der Waals surface area contributed by atoms with Crippen molar-refractivity contribution in [3.05, 3.63) is 48.6 Å². The van der Waals surface area contributed by atoms with Gasteiger partial charge in [-0.1, -0.05) is 76.3 Å². The van der Waals surface area contributed by atoms with Crippen molar-refractivity contribution in [1.82, 2.24) is 0 Å². The van der Waals surface area contributed by atoms with Gasteiger partial charge in [-0.2, -0.15) is 0 Å². The smallest absolute Gasteiger partial charge is 0.308 e. The van der Waals surface area contributed by atoms with Crippen molar-refractivity contribution in [2.45, 2.75) is 79.1 Å². The lowest BCUT2D eigenvalue weighted by Crippen LogP contribution is -2.08. The van der Waals surface area contributed by atoms with Gasteiger partial charge in [0.15, 0.2) is 5.90 Å². The summed E-state index contributed by atoms with van der Waals surface area (Å²) >= 11 is 0. The molecule has 0 aromatic rings. The molecule has 0 saturated heterocycles. The van der Waals surface area contributed by atoms with E-state index in [-0.39, 0.29) is 32.3 Å². The lowest BCUT2D eigenvalue weighted by Gasteiger charge is -2.24. The molecule has 8 heteroatoms. The monoisotopic (exact) mass is 504 g/mol. The van der Waals surface area contributed by atoms with Gasteiger partial charge in [0.2, 0.25) is 0 Å². The van der Waals surface area contributed by atoms with Crippen LogP contribution in [-0.4, -0.2) is 32.3 Å². The molecule has 0 unspecified atom stereocenters. The summed E-state index contributed by atoms with van der Waals surface area (Å²) < 4.78 is 49.7. The average Bonchev–Trinajstić information content (AvgIpc) is 2.78. The largest absolute Gasteiger partial charge is 0.342 e. The van der Waals surface area contributed by atoms with Crippen molar-refractivity contribution in [2.24, 2.45) is 0 Å². The third kappa shape index (κ3) is 19.3. The molecule has 0 saturated carbocycles. The molecule has 0 aliphatic rings. The number of hydrogen-bond acceptors (Lipinski definition) is 6. The summed E-state index contributed by atoms with van der Waals surface area (Å²) in [7, 11) is -7.36. The van der Waals surface area contributed by atoms with Gasteiger partial charge in [-0.25, -0.2) is 0 Å². The van der Waals surface area contributed by atoms with Gasteiger partial charge in [-0.15, -0.1) is 0 Å². The van der Waals surface area contributed by atoms with Crippen molar-refractivity contribution in [3.8, 4) is 0 Å². The molecule has 0 heterocycles. The van der Waals surface area contributed by atoms with Crippen molar-refractivity contribution in [2.75, 3.05) is 32.3 Å². The number of allylic oxidation sites excluding steroid dienone is 4. The molecule has 0 fully saturated rings. The Balaban J connectivity index is 5.27. The minimum absolute atomic E-state index is 0.219. The topological polar surface area (TPSA) is 71.1 Å². The van der Waals surface area contributed by atoms with E-state index >= 15 is 0 Å². The van der Waals surface area contributed by atoms with Gasteiger partial charge in [0.1, 0.15) is 0 Å². The third-order valence-corrected chi connectivity index (χ3v) is 9.32. The van der Waals surface area contributed by atoms with E-state index in [1.807, 2.05) is 76.3 Å². The second-order valence-corrected chi connectivity index (χ2v) is 12.0. The van der Waals surface area contributed by atoms with E-state index in [0.29, 0.717) is 25.7 Å². The fourth-order valence-electron chi connectivity index (χ4n) is 2.63. The van der Waals surface area contributed by atoms with Gasteiger partial charge < -0.3 is 18.1 Å². The third-order valence-electron chi connectivity index (χ3n) is 4.25. The lowest BCUT2D eigenvalue weighted by molar-refractivity contribution is 0.196. The first-order chi connectivity index (χ1) is 15.9. The molecule has 192 valence electrons. The maximum absolute atomic E-state index is 13.5. The van der Waals surface area contributed by atoms with Gasteiger partial charge in [-0.05, 0) is 51.4 Å². The summed E-state index contributed by atoms with van der Waals surface area (Å²) in [5, 5.41) is 0. The van der Waals surface area contributed by atoms with Crippen LogP contribution in [0, 0.1) is 0 Å². The van der Waals surface area contributed by atoms with Crippen LogP contribution in [0.5, 0.6) is 0 Å². The predicted octanol–water partition coefficient (Wildman–Crippen LogP) is 8.82. The molecule has 0 aromatic heterocycles. The van der Waals surface area contributed by atoms with Crippen LogP contribution in [0.4, 0.5) is 0 Å². The Hall–Kier alpha value is -0.740. The van der Waals surface area contributed by atoms with Crippen LogP contribution in [0.2, 0.25) is 0 Å². The number of rotatable bonds is 22. The highest BCUT2D eigenvalue weighted by Crippen LogP contribution is 2.64. The molecule has 33 heavy (non-hydrogen) atoms. The SMILES string of the molecule is CC/C=C\CCOP(=O)(CP(=O)(OCC/C=C\CC)OCC/C=C\CC)OCC/C=C\CC. The van der Waals surface area contributed by atoms with E-state index in [2.05, 4.69) is 0 Å². The molecule has 0 aromatic carbocycles. The predicted molar refractivity (Wildman–Crippen MR) is 140 cm³/mol. The number of hydrogen-bond donors (Lipinski definition) is 0. The summed E-state index contributed by atoms with van der Waals surface area (Å²) in [6.45, 7) is 9.07. The van der Waals surface area contributed by atoms with Gasteiger partial charge >= 0.3 is 15.2 Å². The second kappa shape index (κ2) is 21.8. The molecule has 0 radical (unpaired) electrons. The van der Waals surface area contributed by atoms with Gasteiger partial charge in [0.05, 0.1) is 26.4 Å². The molecule has 0 bridgehead atoms. The Morgan fingerprint density at radius 2 is 0.697 bits per heavy atom. The van der Waals surface area contributed by atoms with E-state index in [1.165, 1.54) is 0 Å². The van der Waals surface area contributed by atoms with Gasteiger partial charge in [-0.3, -0.25) is 9.13 Å². The van der Waals surface area contributed by atoms with E-state index in [4.69, 9.17) is 18.1 Å². The Morgan fingerprint density at radius 3 is 0.909 bits per heavy atom. The van der Waals surface area contributed by atoms with Gasteiger partial charge in [0, 0.05) is 0 Å². The first kappa shape index (κ1) is 32.3. The normalized spacial score (nSPS) is 13.5. The molecular formula is C25H46O6P2. The highest BCUT2D eigenvalue weighted by molar-refractivity contribution is 7.71. The van der Waals surface area contributed by atoms with Crippen LogP contribution in [0.1, 0.15) is 79.1 Å². The van der Waals surface area contributed by atoms with E-state index in [0.717, 1.165) is 25.7 Å². The van der Waals surface area contributed by atoms with Crippen LogP contribution in [0.3, 0.4) is 0 Å². The average molecular weight is 505 g/mol. The van der Waals surface area contributed by atoms with Crippen LogP contribution in [0.15, 0.2) is 48.6 Å². The second-order valence-electron chi connectivity index (χ2n) is 7.37. The van der Waals surface area contributed by atoms with Gasteiger partial charge in [0.25, 0.3) is 0 Å². The Bertz CT molecular complexity index is 566. The fourth-order valence-corrected chi connectivity index (χ4v) is 7.31. The summed E-state index contributed by atoms with van der Waals surface area (Å²) in [4.78, 5) is 0. The Kier molecular flexibility index (Phi) is 21.3. The summed E-state index contributed by atoms with van der Waals surface area (Å²) in [6.07, 6.45) is 22.1. The first-order valence-corrected chi connectivity index (χ1v) is 15.8. The van der Waals surface area contributed by atoms with E-state index in [9.17, 15) is 9.13 Å². The van der Waals surface area contributed by atoms with E-state index < -0.39 is 15.2 Å². The summed E-state index contributed by atoms with van der Waals surface area (Å²) in [5.74, 6) is -0.385. The van der Waals surface area contributed by atoms with Crippen LogP contribution < -0.4 is 0 Å². The Labute approximate surface area is 202 Å². The molecule has 0 atom stereocenters. The maximum Gasteiger partial charge on any atom is 0.342 e. The zero-order valence-corrected chi connectivity index (χ0v) is 22.9. The standard InChI is InChI=1S/C25H46O6P2/c1-5-9-13-17-21-28-32(26,29-22-18-14-10-6-2)25-33(27,30-23-19-15-11-7-3)31-24-20-16-12-8-4/h9-16H,5-8,17-25H2,1-4H3/b13-9-,14-10-,15-11-,16-12-. The molecular weight excluding hydrogens is 458 g/mol. The molecule has 0 rings (SSSR count). The molecule has 0 amide bonds. The zero-order chi connectivity index (χ0) is 24.7. The summed E-state index contributed by atoms with van der Waals surface area (Å²) in [5.41, 5.74) is 0. The van der Waals surface area contributed by atoms with Crippen molar-refractivity contribution < 1.29 is 27.2 Å². The highest BCUT2D eigenvalue weighted by Gasteiger charge is 2.38. The zero-order valence-electron chi connectivity index (χ0n) is 21.2. The fraction of sp³-hybridized carbons (Fsp3) is 0.680. The van der Waals surface area contributed by atoms with Crippen molar-refractivity contribution in [3.63, 3.8) is 0 Å². The van der Waals surface area contributed by atoms with Crippen molar-refractivity contribution >= 4 is 15.2 Å². The highest BCUT2D eigenvalue weighted by atomic mass is 31.2. The van der Waals surface area contributed by atoms with Crippen LogP contribution in [0.25, 0.3) is 0 Å². The lowest BCUT2D eigenvalue weighted by atomic mass is 10.3. The Morgan fingerprint density at radius 1 is 0.455 bits per heavy atom. The van der Waals surface area contributed by atoms with E-state index in [1.54, 1.807) is 0 Å². The molecule has 0 aliphatic carbocycles. The van der Waals surface area contributed by atoms with Crippen molar-refractivity contribution in [1.29, 1.82) is 0 Å². The molecule has 0 N–H and O–H groups in total. The molecule has 0 aliphatic heterocycles. The minimum Gasteiger partial charge on any atom is -0.308 e. The minimum atomic E-state index is -3.68. The maximum atomic E-state index is 13.5. The molecule has 6 nitrogen and oxygen atoms in total. The van der Waals surface area contributed by atoms with Crippen LogP contribution >= 0.6 is 15.2 Å². The summed E-state index contributed by atoms with van der Waals surface area (Å²) in [6, 6.07) is 0.